The number of rotatable bonds is 7. The molecule has 17 heavy (non-hydrogen) atoms. The Hall–Kier alpha value is -1.59. The molecule has 0 heterocycles. The molecule has 0 rings (SSSR count). The van der Waals surface area contributed by atoms with Crippen molar-refractivity contribution in [3.05, 3.63) is 0 Å². The lowest BCUT2D eigenvalue weighted by Gasteiger charge is -2.16. The van der Waals surface area contributed by atoms with E-state index < -0.39 is 12.1 Å². The van der Waals surface area contributed by atoms with Gasteiger partial charge in [-0.2, -0.15) is 0 Å². The second-order valence-corrected chi connectivity index (χ2v) is 3.49. The molecule has 0 unspecified atom stereocenters. The second kappa shape index (κ2) is 8.55. The van der Waals surface area contributed by atoms with Crippen molar-refractivity contribution >= 4 is 17.9 Å². The van der Waals surface area contributed by atoms with E-state index in [0.29, 0.717) is 12.8 Å². The van der Waals surface area contributed by atoms with Gasteiger partial charge in [-0.05, 0) is 0 Å². The van der Waals surface area contributed by atoms with Crippen LogP contribution in [-0.2, 0) is 28.6 Å². The second-order valence-electron chi connectivity index (χ2n) is 3.49. The third-order valence-corrected chi connectivity index (χ3v) is 1.82. The van der Waals surface area contributed by atoms with Crippen LogP contribution in [0.2, 0.25) is 0 Å². The highest BCUT2D eigenvalue weighted by Gasteiger charge is 2.13. The lowest BCUT2D eigenvalue weighted by Crippen LogP contribution is -2.21. The van der Waals surface area contributed by atoms with Gasteiger partial charge in [-0.3, -0.25) is 14.4 Å². The Kier molecular flexibility index (Phi) is 7.75. The summed E-state index contributed by atoms with van der Waals surface area (Å²) in [5, 5.41) is 0. The highest BCUT2D eigenvalue weighted by molar-refractivity contribution is 5.66. The van der Waals surface area contributed by atoms with Crippen LogP contribution >= 0.6 is 0 Å². The number of hydrogen-bond acceptors (Lipinski definition) is 6. The largest absolute Gasteiger partial charge is 0.466 e. The van der Waals surface area contributed by atoms with E-state index in [4.69, 9.17) is 14.2 Å². The molecule has 0 amide bonds. The number of carbonyl (C=O) groups is 3. The maximum absolute atomic E-state index is 10.8. The van der Waals surface area contributed by atoms with Crippen molar-refractivity contribution in [3.8, 4) is 0 Å². The van der Waals surface area contributed by atoms with Gasteiger partial charge in [0.25, 0.3) is 0 Å². The van der Waals surface area contributed by atoms with Gasteiger partial charge >= 0.3 is 17.9 Å². The van der Waals surface area contributed by atoms with Crippen molar-refractivity contribution in [1.29, 1.82) is 0 Å². The first-order chi connectivity index (χ1) is 7.91. The summed E-state index contributed by atoms with van der Waals surface area (Å²) in [5.41, 5.74) is 0. The van der Waals surface area contributed by atoms with Gasteiger partial charge in [-0.15, -0.1) is 0 Å². The van der Waals surface area contributed by atoms with Crippen LogP contribution in [0.25, 0.3) is 0 Å². The highest BCUT2D eigenvalue weighted by atomic mass is 16.6. The molecule has 98 valence electrons. The maximum Gasteiger partial charge on any atom is 0.302 e. The van der Waals surface area contributed by atoms with Crippen molar-refractivity contribution in [3.63, 3.8) is 0 Å². The van der Waals surface area contributed by atoms with Crippen molar-refractivity contribution < 1.29 is 28.6 Å². The third kappa shape index (κ3) is 10.7. The van der Waals surface area contributed by atoms with Crippen LogP contribution in [0.5, 0.6) is 0 Å². The van der Waals surface area contributed by atoms with Crippen LogP contribution in [0.15, 0.2) is 0 Å². The van der Waals surface area contributed by atoms with E-state index in [1.807, 2.05) is 0 Å². The van der Waals surface area contributed by atoms with E-state index in [-0.39, 0.29) is 25.2 Å². The molecule has 0 bridgehead atoms. The van der Waals surface area contributed by atoms with Crippen LogP contribution in [-0.4, -0.2) is 37.2 Å². The minimum atomic E-state index is -0.416. The molecule has 6 heteroatoms. The van der Waals surface area contributed by atoms with E-state index in [0.717, 1.165) is 0 Å². The Labute approximate surface area is 100 Å². The number of ether oxygens (including phenoxy) is 3. The summed E-state index contributed by atoms with van der Waals surface area (Å²) in [7, 11) is 0. The molecular weight excluding hydrogens is 228 g/mol. The van der Waals surface area contributed by atoms with E-state index in [1.165, 1.54) is 20.8 Å². The molecule has 0 radical (unpaired) electrons. The summed E-state index contributed by atoms with van der Waals surface area (Å²) in [6.45, 7) is 4.25. The summed E-state index contributed by atoms with van der Waals surface area (Å²) in [6.07, 6.45) is 0.368. The molecule has 0 atom stereocenters. The molecule has 0 fully saturated rings. The Bertz CT molecular complexity index is 253. The summed E-state index contributed by atoms with van der Waals surface area (Å²) in [5.74, 6) is -1.18. The molecule has 0 aliphatic carbocycles. The minimum absolute atomic E-state index is 0.174. The Morgan fingerprint density at radius 1 is 0.824 bits per heavy atom. The zero-order valence-corrected chi connectivity index (χ0v) is 10.4. The van der Waals surface area contributed by atoms with E-state index >= 15 is 0 Å². The molecule has 0 N–H and O–H groups in total. The van der Waals surface area contributed by atoms with Crippen LogP contribution in [0.1, 0.15) is 33.6 Å². The topological polar surface area (TPSA) is 78.9 Å². The van der Waals surface area contributed by atoms with Gasteiger partial charge in [0.2, 0.25) is 0 Å². The van der Waals surface area contributed by atoms with E-state index in [2.05, 4.69) is 0 Å². The minimum Gasteiger partial charge on any atom is -0.466 e. The van der Waals surface area contributed by atoms with Crippen LogP contribution in [0, 0.1) is 0 Å². The number of esters is 3. The van der Waals surface area contributed by atoms with Crippen LogP contribution < -0.4 is 0 Å². The fourth-order valence-corrected chi connectivity index (χ4v) is 1.17. The van der Waals surface area contributed by atoms with Crippen molar-refractivity contribution in [1.82, 2.24) is 0 Å². The number of carbonyl (C=O) groups excluding carboxylic acids is 3. The molecule has 0 aromatic carbocycles. The molecule has 0 aliphatic heterocycles. The molecule has 0 aliphatic rings. The van der Waals surface area contributed by atoms with Crippen LogP contribution in [0.3, 0.4) is 0 Å². The quantitative estimate of drug-likeness (QED) is 0.489. The SMILES string of the molecule is CC(=O)OCCC(CCOC(C)=O)OC(C)=O. The van der Waals surface area contributed by atoms with E-state index in [9.17, 15) is 14.4 Å². The summed E-state index contributed by atoms with van der Waals surface area (Å²) < 4.78 is 14.5. The smallest absolute Gasteiger partial charge is 0.302 e. The fourth-order valence-electron chi connectivity index (χ4n) is 1.17. The first kappa shape index (κ1) is 15.4. The van der Waals surface area contributed by atoms with Gasteiger partial charge < -0.3 is 14.2 Å². The summed E-state index contributed by atoms with van der Waals surface area (Å²) >= 11 is 0. The van der Waals surface area contributed by atoms with Crippen molar-refractivity contribution in [2.24, 2.45) is 0 Å². The predicted molar refractivity (Wildman–Crippen MR) is 58.1 cm³/mol. The maximum atomic E-state index is 10.8. The van der Waals surface area contributed by atoms with Gasteiger partial charge in [0.15, 0.2) is 0 Å². The van der Waals surface area contributed by atoms with Gasteiger partial charge in [-0.1, -0.05) is 0 Å². The molecule has 6 nitrogen and oxygen atoms in total. The summed E-state index contributed by atoms with van der Waals surface area (Å²) in [4.78, 5) is 31.9. The third-order valence-electron chi connectivity index (χ3n) is 1.82. The first-order valence-corrected chi connectivity index (χ1v) is 5.35. The predicted octanol–water partition coefficient (Wildman–Crippen LogP) is 0.825. The van der Waals surface area contributed by atoms with Crippen molar-refractivity contribution in [2.75, 3.05) is 13.2 Å². The zero-order chi connectivity index (χ0) is 13.3. The molecule has 0 saturated heterocycles. The first-order valence-electron chi connectivity index (χ1n) is 5.35. The summed E-state index contributed by atoms with van der Waals surface area (Å²) in [6, 6.07) is 0. The highest BCUT2D eigenvalue weighted by Crippen LogP contribution is 2.06. The average Bonchev–Trinajstić information content (AvgIpc) is 2.15. The average molecular weight is 246 g/mol. The van der Waals surface area contributed by atoms with Gasteiger partial charge in [-0.25, -0.2) is 0 Å². The lowest BCUT2D eigenvalue weighted by atomic mass is 10.2. The standard InChI is InChI=1S/C11H18O6/c1-8(12)15-6-4-11(17-10(3)14)5-7-16-9(2)13/h11H,4-7H2,1-3H3. The van der Waals surface area contributed by atoms with Gasteiger partial charge in [0.1, 0.15) is 6.10 Å². The molecule has 0 aromatic rings. The monoisotopic (exact) mass is 246 g/mol. The molecule has 0 saturated carbocycles. The molecule has 0 aromatic heterocycles. The Morgan fingerprint density at radius 2 is 1.24 bits per heavy atom. The van der Waals surface area contributed by atoms with Crippen LogP contribution in [0.4, 0.5) is 0 Å². The van der Waals surface area contributed by atoms with Gasteiger partial charge in [0, 0.05) is 33.6 Å². The lowest BCUT2D eigenvalue weighted by molar-refractivity contribution is -0.150. The zero-order valence-electron chi connectivity index (χ0n) is 10.4. The molecular formula is C11H18O6. The van der Waals surface area contributed by atoms with E-state index in [1.54, 1.807) is 0 Å². The number of hydrogen-bond donors (Lipinski definition) is 0. The fraction of sp³-hybridized carbons (Fsp3) is 0.727. The molecule has 0 spiro atoms. The Balaban J connectivity index is 3.91. The van der Waals surface area contributed by atoms with Crippen molar-refractivity contribution in [2.45, 2.75) is 39.7 Å². The Morgan fingerprint density at radius 3 is 1.53 bits per heavy atom. The normalized spacial score (nSPS) is 9.88. The van der Waals surface area contributed by atoms with Gasteiger partial charge in [0.05, 0.1) is 13.2 Å².